The number of hydrogen-bond acceptors (Lipinski definition) is 1. The molecule has 0 aliphatic heterocycles. The third kappa shape index (κ3) is 7.03. The molecule has 45 heavy (non-hydrogen) atoms. The Morgan fingerprint density at radius 3 is 1.58 bits per heavy atom. The highest BCUT2D eigenvalue weighted by Gasteiger charge is 2.41. The predicted molar refractivity (Wildman–Crippen MR) is 157 cm³/mol. The first-order valence-corrected chi connectivity index (χ1v) is 14.2. The van der Waals surface area contributed by atoms with E-state index >= 15 is 4.39 Å². The molecule has 5 rings (SSSR count). The number of ether oxygens (including phenoxy) is 1. The molecular formula is C36H26F8O. The number of rotatable bonds is 10. The molecule has 5 aromatic rings. The zero-order valence-corrected chi connectivity index (χ0v) is 23.9. The first-order chi connectivity index (χ1) is 21.5. The number of alkyl halides is 2. The minimum atomic E-state index is -4.30. The number of halogens is 8. The number of unbranched alkanes of at least 4 members (excludes halogenated alkanes) is 2. The zero-order valence-electron chi connectivity index (χ0n) is 23.9. The molecule has 0 N–H and O–H groups in total. The van der Waals surface area contributed by atoms with Crippen molar-refractivity contribution in [1.29, 1.82) is 0 Å². The van der Waals surface area contributed by atoms with Crippen LogP contribution in [0.3, 0.4) is 0 Å². The van der Waals surface area contributed by atoms with Gasteiger partial charge in [0.1, 0.15) is 34.6 Å². The van der Waals surface area contributed by atoms with E-state index in [4.69, 9.17) is 0 Å². The van der Waals surface area contributed by atoms with Crippen molar-refractivity contribution in [2.75, 3.05) is 0 Å². The lowest BCUT2D eigenvalue weighted by molar-refractivity contribution is -0.189. The molecule has 0 aliphatic carbocycles. The Bertz CT molecular complexity index is 1810. The van der Waals surface area contributed by atoms with Crippen LogP contribution in [0.25, 0.3) is 33.4 Å². The summed E-state index contributed by atoms with van der Waals surface area (Å²) in [4.78, 5) is 0. The Labute approximate surface area is 254 Å². The third-order valence-electron chi connectivity index (χ3n) is 7.38. The molecule has 1 nitrogen and oxygen atoms in total. The first kappa shape index (κ1) is 31.8. The third-order valence-corrected chi connectivity index (χ3v) is 7.38. The summed E-state index contributed by atoms with van der Waals surface area (Å²) in [6.07, 6.45) is -1.53. The van der Waals surface area contributed by atoms with Gasteiger partial charge in [-0.3, -0.25) is 0 Å². The van der Waals surface area contributed by atoms with Crippen LogP contribution in [0.1, 0.15) is 37.3 Å². The van der Waals surface area contributed by atoms with Gasteiger partial charge in [0.05, 0.1) is 0 Å². The van der Waals surface area contributed by atoms with Crippen molar-refractivity contribution in [3.8, 4) is 39.1 Å². The van der Waals surface area contributed by atoms with E-state index in [1.165, 1.54) is 48.5 Å². The highest BCUT2D eigenvalue weighted by atomic mass is 19.3. The average Bonchev–Trinajstić information content (AvgIpc) is 2.98. The predicted octanol–water partition coefficient (Wildman–Crippen LogP) is 11.4. The summed E-state index contributed by atoms with van der Waals surface area (Å²) < 4.78 is 120. The van der Waals surface area contributed by atoms with Gasteiger partial charge in [-0.15, -0.1) is 0 Å². The summed E-state index contributed by atoms with van der Waals surface area (Å²) in [6.45, 7) is 1.97. The summed E-state index contributed by atoms with van der Waals surface area (Å²) in [7, 11) is 0. The maximum Gasteiger partial charge on any atom is 0.432 e. The van der Waals surface area contributed by atoms with Crippen LogP contribution in [0.4, 0.5) is 35.1 Å². The molecule has 0 spiro atoms. The molecule has 0 atom stereocenters. The standard InChI is InChI=1S/C36H26F8O/c1-2-3-4-5-21-16-33(41)35(34(42)17-21)36(43,44)45-26-11-6-22(7-12-26)23-8-13-27(30(38)18-23)24-9-14-28(31(39)19-24)25-10-15-29(37)32(40)20-25/h6-20H,2-5H2,1H3. The van der Waals surface area contributed by atoms with E-state index in [1.54, 1.807) is 0 Å². The first-order valence-electron chi connectivity index (χ1n) is 14.2. The van der Waals surface area contributed by atoms with Gasteiger partial charge in [-0.25, -0.2) is 26.3 Å². The Balaban J connectivity index is 1.32. The molecule has 0 bridgehead atoms. The van der Waals surface area contributed by atoms with Crippen molar-refractivity contribution < 1.29 is 39.9 Å². The van der Waals surface area contributed by atoms with Crippen molar-refractivity contribution in [3.63, 3.8) is 0 Å². The maximum atomic E-state index is 15.1. The van der Waals surface area contributed by atoms with Crippen molar-refractivity contribution in [1.82, 2.24) is 0 Å². The van der Waals surface area contributed by atoms with E-state index < -0.39 is 46.6 Å². The number of benzene rings is 5. The van der Waals surface area contributed by atoms with Crippen molar-refractivity contribution >= 4 is 0 Å². The molecule has 0 saturated heterocycles. The summed E-state index contributed by atoms with van der Waals surface area (Å²) in [5, 5.41) is 0. The molecule has 9 heteroatoms. The highest BCUT2D eigenvalue weighted by molar-refractivity contribution is 5.74. The van der Waals surface area contributed by atoms with Gasteiger partial charge in [0.25, 0.3) is 0 Å². The maximum absolute atomic E-state index is 15.1. The minimum Gasteiger partial charge on any atom is -0.429 e. The van der Waals surface area contributed by atoms with Gasteiger partial charge in [0.2, 0.25) is 0 Å². The van der Waals surface area contributed by atoms with Crippen LogP contribution in [-0.2, 0) is 12.5 Å². The second-order valence-electron chi connectivity index (χ2n) is 10.6. The van der Waals surface area contributed by atoms with Crippen LogP contribution in [0, 0.1) is 34.9 Å². The van der Waals surface area contributed by atoms with Crippen LogP contribution in [0.2, 0.25) is 0 Å². The number of hydrogen-bond donors (Lipinski definition) is 0. The van der Waals surface area contributed by atoms with Crippen molar-refractivity contribution in [3.05, 3.63) is 137 Å². The Morgan fingerprint density at radius 1 is 0.511 bits per heavy atom. The molecule has 0 aliphatic rings. The molecule has 0 heterocycles. The molecular weight excluding hydrogens is 600 g/mol. The van der Waals surface area contributed by atoms with E-state index in [2.05, 4.69) is 4.74 Å². The van der Waals surface area contributed by atoms with Gasteiger partial charge in [-0.05, 0) is 89.2 Å². The second kappa shape index (κ2) is 13.1. The van der Waals surface area contributed by atoms with Crippen LogP contribution in [0.15, 0.2) is 91.0 Å². The van der Waals surface area contributed by atoms with Gasteiger partial charge in [0, 0.05) is 11.1 Å². The zero-order chi connectivity index (χ0) is 32.3. The summed E-state index contributed by atoms with van der Waals surface area (Å²) in [5.41, 5.74) is -0.0367. The highest BCUT2D eigenvalue weighted by Crippen LogP contribution is 2.37. The fourth-order valence-corrected chi connectivity index (χ4v) is 5.05. The molecule has 0 aromatic heterocycles. The fraction of sp³-hybridized carbons (Fsp3) is 0.167. The van der Waals surface area contributed by atoms with Crippen LogP contribution < -0.4 is 4.74 Å². The van der Waals surface area contributed by atoms with Crippen LogP contribution in [-0.4, -0.2) is 0 Å². The smallest absolute Gasteiger partial charge is 0.429 e. The van der Waals surface area contributed by atoms with E-state index in [0.29, 0.717) is 24.0 Å². The van der Waals surface area contributed by atoms with Gasteiger partial charge in [-0.2, -0.15) is 8.78 Å². The van der Waals surface area contributed by atoms with Crippen molar-refractivity contribution in [2.45, 2.75) is 38.7 Å². The fourth-order valence-electron chi connectivity index (χ4n) is 5.05. The lowest BCUT2D eigenvalue weighted by Gasteiger charge is -2.20. The molecule has 0 radical (unpaired) electrons. The average molecular weight is 627 g/mol. The van der Waals surface area contributed by atoms with E-state index in [9.17, 15) is 30.7 Å². The molecule has 0 saturated carbocycles. The van der Waals surface area contributed by atoms with Gasteiger partial charge < -0.3 is 4.74 Å². The monoisotopic (exact) mass is 626 g/mol. The lowest BCUT2D eigenvalue weighted by Crippen LogP contribution is -2.25. The quantitative estimate of drug-likeness (QED) is 0.111. The summed E-state index contributed by atoms with van der Waals surface area (Å²) >= 11 is 0. The molecule has 5 aromatic carbocycles. The van der Waals surface area contributed by atoms with E-state index in [0.717, 1.165) is 55.3 Å². The Morgan fingerprint density at radius 2 is 1.02 bits per heavy atom. The SMILES string of the molecule is CCCCCc1cc(F)c(C(F)(F)Oc2ccc(-c3ccc(-c4ccc(-c5ccc(F)c(F)c5)c(F)c4)c(F)c3)cc2)c(F)c1. The van der Waals surface area contributed by atoms with E-state index in [1.807, 2.05) is 6.92 Å². The number of aryl methyl sites for hydroxylation is 1. The van der Waals surface area contributed by atoms with Crippen LogP contribution in [0.5, 0.6) is 5.75 Å². The summed E-state index contributed by atoms with van der Waals surface area (Å²) in [6, 6.07) is 17.8. The van der Waals surface area contributed by atoms with Gasteiger partial charge in [-0.1, -0.05) is 62.2 Å². The normalized spacial score (nSPS) is 11.6. The Kier molecular flexibility index (Phi) is 9.27. The largest absolute Gasteiger partial charge is 0.432 e. The topological polar surface area (TPSA) is 9.23 Å². The molecule has 0 amide bonds. The van der Waals surface area contributed by atoms with Gasteiger partial charge in [0.15, 0.2) is 11.6 Å². The molecule has 232 valence electrons. The molecule has 0 fully saturated rings. The Hall–Kier alpha value is -4.66. The van der Waals surface area contributed by atoms with Crippen molar-refractivity contribution in [2.24, 2.45) is 0 Å². The second-order valence-corrected chi connectivity index (χ2v) is 10.6. The molecule has 0 unspecified atom stereocenters. The minimum absolute atomic E-state index is 0.00691. The van der Waals surface area contributed by atoms with Crippen LogP contribution >= 0.6 is 0 Å². The summed E-state index contributed by atoms with van der Waals surface area (Å²) in [5.74, 6) is -6.85. The van der Waals surface area contributed by atoms with Gasteiger partial charge >= 0.3 is 6.11 Å². The lowest BCUT2D eigenvalue weighted by atomic mass is 9.97. The van der Waals surface area contributed by atoms with E-state index in [-0.39, 0.29) is 33.6 Å².